The Bertz CT molecular complexity index is 256. The normalized spacial score (nSPS) is 12.0. The molecule has 0 N–H and O–H groups in total. The van der Waals surface area contributed by atoms with Crippen molar-refractivity contribution in [1.29, 1.82) is 5.26 Å². The number of esters is 1. The van der Waals surface area contributed by atoms with E-state index in [1.807, 2.05) is 34.6 Å². The molecule has 0 amide bonds. The van der Waals surface area contributed by atoms with Crippen LogP contribution in [0, 0.1) is 16.7 Å². The Balaban J connectivity index is 4.11. The van der Waals surface area contributed by atoms with Gasteiger partial charge in [0.1, 0.15) is 5.60 Å². The first kappa shape index (κ1) is 14.0. The van der Waals surface area contributed by atoms with Gasteiger partial charge in [-0.25, -0.2) is 0 Å². The van der Waals surface area contributed by atoms with E-state index in [-0.39, 0.29) is 11.4 Å². The SMILES string of the molecule is CC(C)(CCC#N)CC(=O)OC(C)(C)C. The highest BCUT2D eigenvalue weighted by atomic mass is 16.6. The third kappa shape index (κ3) is 7.99. The first-order valence-electron chi connectivity index (χ1n) is 5.25. The minimum Gasteiger partial charge on any atom is -0.460 e. The molecule has 3 nitrogen and oxygen atoms in total. The number of nitrogens with zero attached hydrogens (tertiary/aromatic N) is 1. The van der Waals surface area contributed by atoms with Crippen LogP contribution in [0.3, 0.4) is 0 Å². The van der Waals surface area contributed by atoms with Crippen LogP contribution in [0.1, 0.15) is 53.9 Å². The summed E-state index contributed by atoms with van der Waals surface area (Å²) in [5, 5.41) is 8.48. The largest absolute Gasteiger partial charge is 0.460 e. The molecule has 3 heteroatoms. The highest BCUT2D eigenvalue weighted by molar-refractivity contribution is 5.70. The minimum atomic E-state index is -0.428. The van der Waals surface area contributed by atoms with E-state index in [0.717, 1.165) is 6.42 Å². The van der Waals surface area contributed by atoms with Gasteiger partial charge in [0, 0.05) is 6.42 Å². The van der Waals surface area contributed by atoms with Crippen molar-refractivity contribution in [2.45, 2.75) is 59.5 Å². The first-order valence-corrected chi connectivity index (χ1v) is 5.25. The second kappa shape index (κ2) is 5.16. The summed E-state index contributed by atoms with van der Waals surface area (Å²) in [6.45, 7) is 9.52. The maximum Gasteiger partial charge on any atom is 0.306 e. The lowest BCUT2D eigenvalue weighted by Crippen LogP contribution is -2.27. The fourth-order valence-corrected chi connectivity index (χ4v) is 1.25. The average molecular weight is 211 g/mol. The van der Waals surface area contributed by atoms with Crippen molar-refractivity contribution < 1.29 is 9.53 Å². The summed E-state index contributed by atoms with van der Waals surface area (Å²) >= 11 is 0. The van der Waals surface area contributed by atoms with Crippen molar-refractivity contribution in [3.63, 3.8) is 0 Å². The van der Waals surface area contributed by atoms with Gasteiger partial charge in [0.15, 0.2) is 0 Å². The van der Waals surface area contributed by atoms with Crippen LogP contribution in [0.25, 0.3) is 0 Å². The van der Waals surface area contributed by atoms with Crippen molar-refractivity contribution in [2.75, 3.05) is 0 Å². The Kier molecular flexibility index (Phi) is 4.80. The maximum atomic E-state index is 11.5. The van der Waals surface area contributed by atoms with E-state index in [9.17, 15) is 4.79 Å². The molecule has 0 rings (SSSR count). The smallest absolute Gasteiger partial charge is 0.306 e. The van der Waals surface area contributed by atoms with E-state index in [1.54, 1.807) is 0 Å². The predicted octanol–water partition coefficient (Wildman–Crippen LogP) is 3.05. The molecule has 0 bridgehead atoms. The molecule has 0 saturated carbocycles. The Labute approximate surface area is 92.4 Å². The summed E-state index contributed by atoms with van der Waals surface area (Å²) in [7, 11) is 0. The number of carbonyl (C=O) groups excluding carboxylic acids is 1. The van der Waals surface area contributed by atoms with Crippen molar-refractivity contribution in [3.8, 4) is 6.07 Å². The quantitative estimate of drug-likeness (QED) is 0.671. The summed E-state index contributed by atoms with van der Waals surface area (Å²) in [4.78, 5) is 11.5. The molecule has 0 aliphatic rings. The number of hydrogen-bond donors (Lipinski definition) is 0. The number of rotatable bonds is 4. The number of hydrogen-bond acceptors (Lipinski definition) is 3. The van der Waals surface area contributed by atoms with Gasteiger partial charge in [0.2, 0.25) is 0 Å². The van der Waals surface area contributed by atoms with Gasteiger partial charge in [0.25, 0.3) is 0 Å². The third-order valence-corrected chi connectivity index (χ3v) is 1.96. The third-order valence-electron chi connectivity index (χ3n) is 1.96. The molecule has 0 aromatic carbocycles. The summed E-state index contributed by atoms with van der Waals surface area (Å²) < 4.78 is 5.23. The van der Waals surface area contributed by atoms with Crippen molar-refractivity contribution in [1.82, 2.24) is 0 Å². The monoisotopic (exact) mass is 211 g/mol. The molecular formula is C12H21NO2. The van der Waals surface area contributed by atoms with Crippen LogP contribution < -0.4 is 0 Å². The Morgan fingerprint density at radius 3 is 2.20 bits per heavy atom. The lowest BCUT2D eigenvalue weighted by Gasteiger charge is -2.25. The second-order valence-corrected chi connectivity index (χ2v) is 5.59. The van der Waals surface area contributed by atoms with Crippen molar-refractivity contribution >= 4 is 5.97 Å². The Hall–Kier alpha value is -1.04. The molecule has 0 heterocycles. The highest BCUT2D eigenvalue weighted by Crippen LogP contribution is 2.27. The van der Waals surface area contributed by atoms with E-state index in [1.165, 1.54) is 0 Å². The van der Waals surface area contributed by atoms with E-state index in [0.29, 0.717) is 12.8 Å². The summed E-state index contributed by atoms with van der Waals surface area (Å²) in [5.41, 5.74) is -0.583. The second-order valence-electron chi connectivity index (χ2n) is 5.59. The zero-order valence-electron chi connectivity index (χ0n) is 10.4. The van der Waals surface area contributed by atoms with Gasteiger partial charge in [-0.1, -0.05) is 13.8 Å². The fourth-order valence-electron chi connectivity index (χ4n) is 1.25. The molecular weight excluding hydrogens is 190 g/mol. The van der Waals surface area contributed by atoms with Gasteiger partial charge in [-0.05, 0) is 32.6 Å². The number of ether oxygens (including phenoxy) is 1. The Morgan fingerprint density at radius 1 is 1.27 bits per heavy atom. The molecule has 0 saturated heterocycles. The molecule has 0 spiro atoms. The van der Waals surface area contributed by atoms with Crippen LogP contribution >= 0.6 is 0 Å². The van der Waals surface area contributed by atoms with Crippen LogP contribution in [0.5, 0.6) is 0 Å². The lowest BCUT2D eigenvalue weighted by atomic mass is 9.84. The molecule has 86 valence electrons. The van der Waals surface area contributed by atoms with Crippen LogP contribution in [0.15, 0.2) is 0 Å². The number of carbonyl (C=O) groups is 1. The highest BCUT2D eigenvalue weighted by Gasteiger charge is 2.25. The van der Waals surface area contributed by atoms with Crippen LogP contribution in [-0.2, 0) is 9.53 Å². The van der Waals surface area contributed by atoms with E-state index < -0.39 is 5.60 Å². The molecule has 0 aromatic rings. The van der Waals surface area contributed by atoms with Gasteiger partial charge in [-0.2, -0.15) is 5.26 Å². The molecule has 0 aliphatic carbocycles. The topological polar surface area (TPSA) is 50.1 Å². The van der Waals surface area contributed by atoms with Gasteiger partial charge >= 0.3 is 5.97 Å². The maximum absolute atomic E-state index is 11.5. The minimum absolute atomic E-state index is 0.155. The van der Waals surface area contributed by atoms with E-state index >= 15 is 0 Å². The summed E-state index contributed by atoms with van der Waals surface area (Å²) in [6.07, 6.45) is 1.57. The van der Waals surface area contributed by atoms with Gasteiger partial charge < -0.3 is 4.74 Å². The van der Waals surface area contributed by atoms with E-state index in [2.05, 4.69) is 6.07 Å². The molecule has 0 fully saturated rings. The van der Waals surface area contributed by atoms with Gasteiger partial charge in [-0.3, -0.25) is 4.79 Å². The van der Waals surface area contributed by atoms with Gasteiger partial charge in [0.05, 0.1) is 12.5 Å². The van der Waals surface area contributed by atoms with Crippen molar-refractivity contribution in [3.05, 3.63) is 0 Å². The van der Waals surface area contributed by atoms with Crippen molar-refractivity contribution in [2.24, 2.45) is 5.41 Å². The lowest BCUT2D eigenvalue weighted by molar-refractivity contribution is -0.157. The summed E-state index contributed by atoms with van der Waals surface area (Å²) in [6, 6.07) is 2.09. The molecule has 15 heavy (non-hydrogen) atoms. The summed E-state index contributed by atoms with van der Waals surface area (Å²) in [5.74, 6) is -0.189. The molecule has 0 unspecified atom stereocenters. The first-order chi connectivity index (χ1) is 6.66. The zero-order valence-corrected chi connectivity index (χ0v) is 10.4. The zero-order chi connectivity index (χ0) is 12.1. The standard InChI is InChI=1S/C12H21NO2/c1-11(2,3)15-10(14)9-12(4,5)7-6-8-13/h6-7,9H2,1-5H3. The average Bonchev–Trinajstić information content (AvgIpc) is 1.95. The van der Waals surface area contributed by atoms with Gasteiger partial charge in [-0.15, -0.1) is 0 Å². The molecule has 0 radical (unpaired) electrons. The van der Waals surface area contributed by atoms with Crippen LogP contribution in [0.2, 0.25) is 0 Å². The molecule has 0 atom stereocenters. The van der Waals surface area contributed by atoms with E-state index in [4.69, 9.17) is 10.00 Å². The fraction of sp³-hybridized carbons (Fsp3) is 0.833. The van der Waals surface area contributed by atoms with Crippen LogP contribution in [-0.4, -0.2) is 11.6 Å². The van der Waals surface area contributed by atoms with Crippen LogP contribution in [0.4, 0.5) is 0 Å². The predicted molar refractivity (Wildman–Crippen MR) is 59.1 cm³/mol. The molecule has 0 aromatic heterocycles. The Morgan fingerprint density at radius 2 is 1.80 bits per heavy atom. The molecule has 0 aliphatic heterocycles. The number of nitriles is 1.